The fourth-order valence-corrected chi connectivity index (χ4v) is 2.87. The van der Waals surface area contributed by atoms with Gasteiger partial charge in [0.2, 0.25) is 0 Å². The molecular formula is C18H16O5. The predicted octanol–water partition coefficient (Wildman–Crippen LogP) is 2.69. The maximum Gasteiger partial charge on any atom is 0.344 e. The second-order valence-electron chi connectivity index (χ2n) is 5.31. The van der Waals surface area contributed by atoms with Gasteiger partial charge in [-0.15, -0.1) is 0 Å². The van der Waals surface area contributed by atoms with Crippen LogP contribution < -0.4 is 10.4 Å². The van der Waals surface area contributed by atoms with Crippen LogP contribution in [0.1, 0.15) is 22.8 Å². The Labute approximate surface area is 132 Å². The minimum atomic E-state index is -0.487. The molecule has 1 aromatic heterocycles. The highest BCUT2D eigenvalue weighted by molar-refractivity contribution is 6.16. The lowest BCUT2D eigenvalue weighted by Gasteiger charge is -2.11. The number of Topliss-reactive ketones (excluding diaryl/α,β-unsaturated/α-hetero) is 1. The summed E-state index contributed by atoms with van der Waals surface area (Å²) >= 11 is 0. The van der Waals surface area contributed by atoms with Crippen LogP contribution in [0.25, 0.3) is 21.7 Å². The van der Waals surface area contributed by atoms with Crippen LogP contribution >= 0.6 is 0 Å². The number of methoxy groups -OCH3 is 1. The van der Waals surface area contributed by atoms with E-state index in [1.807, 2.05) is 0 Å². The molecule has 3 aromatic rings. The van der Waals surface area contributed by atoms with Gasteiger partial charge in [0.1, 0.15) is 11.3 Å². The monoisotopic (exact) mass is 312 g/mol. The summed E-state index contributed by atoms with van der Waals surface area (Å²) in [5.74, 6) is 0.313. The quantitative estimate of drug-likeness (QED) is 0.455. The Morgan fingerprint density at radius 3 is 2.70 bits per heavy atom. The Kier molecular flexibility index (Phi) is 3.88. The van der Waals surface area contributed by atoms with Gasteiger partial charge < -0.3 is 14.3 Å². The van der Waals surface area contributed by atoms with Crippen LogP contribution in [-0.4, -0.2) is 24.6 Å². The fraction of sp³-hybridized carbons (Fsp3) is 0.222. The van der Waals surface area contributed by atoms with E-state index in [9.17, 15) is 14.7 Å². The molecule has 0 fully saturated rings. The summed E-state index contributed by atoms with van der Waals surface area (Å²) in [6, 6.07) is 8.61. The maximum absolute atomic E-state index is 12.4. The Balaban J connectivity index is 2.54. The van der Waals surface area contributed by atoms with Crippen LogP contribution in [0.5, 0.6) is 5.75 Å². The first-order valence-electron chi connectivity index (χ1n) is 7.25. The standard InChI is InChI=1S/C18H16O5/c1-10(20)14-8-12(22-2)9-15-17(14)13-5-3-4-11(6-7-19)16(13)18(21)23-15/h3-5,8-9,19H,6-7H2,1-2H3. The zero-order valence-electron chi connectivity index (χ0n) is 12.9. The average molecular weight is 312 g/mol. The van der Waals surface area contributed by atoms with E-state index in [1.54, 1.807) is 30.3 Å². The molecule has 1 heterocycles. The molecule has 0 bridgehead atoms. The molecular weight excluding hydrogens is 296 g/mol. The zero-order chi connectivity index (χ0) is 16.6. The summed E-state index contributed by atoms with van der Waals surface area (Å²) in [5, 5.41) is 10.8. The van der Waals surface area contributed by atoms with E-state index in [1.165, 1.54) is 14.0 Å². The molecule has 0 atom stereocenters. The van der Waals surface area contributed by atoms with Crippen molar-refractivity contribution < 1.29 is 19.1 Å². The maximum atomic E-state index is 12.4. The van der Waals surface area contributed by atoms with E-state index >= 15 is 0 Å². The lowest BCUT2D eigenvalue weighted by atomic mass is 9.97. The van der Waals surface area contributed by atoms with Crippen molar-refractivity contribution in [2.75, 3.05) is 13.7 Å². The first-order chi connectivity index (χ1) is 11.1. The molecule has 0 unspecified atom stereocenters. The molecule has 0 aliphatic heterocycles. The normalized spacial score (nSPS) is 11.1. The highest BCUT2D eigenvalue weighted by atomic mass is 16.5. The number of fused-ring (bicyclic) bond motifs is 3. The SMILES string of the molecule is COc1cc(C(C)=O)c2c(c1)oc(=O)c1c(CCO)cccc12. The minimum Gasteiger partial charge on any atom is -0.497 e. The van der Waals surface area contributed by atoms with Crippen LogP contribution in [0.2, 0.25) is 0 Å². The van der Waals surface area contributed by atoms with Gasteiger partial charge in [-0.3, -0.25) is 4.79 Å². The van der Waals surface area contributed by atoms with Gasteiger partial charge in [0.15, 0.2) is 5.78 Å². The number of aliphatic hydroxyl groups excluding tert-OH is 1. The molecule has 118 valence electrons. The lowest BCUT2D eigenvalue weighted by molar-refractivity contribution is 0.101. The van der Waals surface area contributed by atoms with Crippen LogP contribution in [0, 0.1) is 0 Å². The largest absolute Gasteiger partial charge is 0.497 e. The number of aliphatic hydroxyl groups is 1. The number of ketones is 1. The third kappa shape index (κ3) is 2.49. The van der Waals surface area contributed by atoms with Crippen molar-refractivity contribution in [3.63, 3.8) is 0 Å². The van der Waals surface area contributed by atoms with Crippen LogP contribution in [0.15, 0.2) is 39.5 Å². The summed E-state index contributed by atoms with van der Waals surface area (Å²) < 4.78 is 10.6. The summed E-state index contributed by atoms with van der Waals surface area (Å²) in [4.78, 5) is 24.4. The van der Waals surface area contributed by atoms with Gasteiger partial charge in [-0.25, -0.2) is 4.79 Å². The van der Waals surface area contributed by atoms with E-state index in [0.29, 0.717) is 45.0 Å². The van der Waals surface area contributed by atoms with E-state index in [4.69, 9.17) is 9.15 Å². The minimum absolute atomic E-state index is 0.0707. The Morgan fingerprint density at radius 1 is 1.26 bits per heavy atom. The van der Waals surface area contributed by atoms with Gasteiger partial charge in [-0.05, 0) is 25.0 Å². The molecule has 5 nitrogen and oxygen atoms in total. The number of benzene rings is 2. The van der Waals surface area contributed by atoms with E-state index in [2.05, 4.69) is 0 Å². The van der Waals surface area contributed by atoms with Crippen LogP contribution in [0.3, 0.4) is 0 Å². The number of carbonyl (C=O) groups excluding carboxylic acids is 1. The predicted molar refractivity (Wildman–Crippen MR) is 87.3 cm³/mol. The number of hydrogen-bond acceptors (Lipinski definition) is 5. The second-order valence-corrected chi connectivity index (χ2v) is 5.31. The molecule has 3 rings (SSSR count). The van der Waals surface area contributed by atoms with Crippen molar-refractivity contribution in [3.8, 4) is 5.75 Å². The molecule has 0 spiro atoms. The fourth-order valence-electron chi connectivity index (χ4n) is 2.87. The van der Waals surface area contributed by atoms with Crippen LogP contribution in [0.4, 0.5) is 0 Å². The first kappa shape index (κ1) is 15.2. The van der Waals surface area contributed by atoms with Crippen molar-refractivity contribution in [2.45, 2.75) is 13.3 Å². The Hall–Kier alpha value is -2.66. The summed E-state index contributed by atoms with van der Waals surface area (Å²) in [6.45, 7) is 1.39. The summed E-state index contributed by atoms with van der Waals surface area (Å²) in [7, 11) is 1.49. The molecule has 2 aromatic carbocycles. The van der Waals surface area contributed by atoms with Crippen molar-refractivity contribution in [1.82, 2.24) is 0 Å². The van der Waals surface area contributed by atoms with Gasteiger partial charge in [0.25, 0.3) is 0 Å². The molecule has 0 saturated carbocycles. The van der Waals surface area contributed by atoms with Gasteiger partial charge in [0.05, 0.1) is 12.5 Å². The molecule has 0 aliphatic carbocycles. The molecule has 0 saturated heterocycles. The molecule has 1 N–H and O–H groups in total. The highest BCUT2D eigenvalue weighted by Crippen LogP contribution is 2.31. The highest BCUT2D eigenvalue weighted by Gasteiger charge is 2.17. The third-order valence-corrected chi connectivity index (χ3v) is 3.90. The van der Waals surface area contributed by atoms with Crippen molar-refractivity contribution in [3.05, 3.63) is 51.9 Å². The molecule has 23 heavy (non-hydrogen) atoms. The van der Waals surface area contributed by atoms with Crippen molar-refractivity contribution in [1.29, 1.82) is 0 Å². The third-order valence-electron chi connectivity index (χ3n) is 3.90. The average Bonchev–Trinajstić information content (AvgIpc) is 2.53. The number of hydrogen-bond donors (Lipinski definition) is 1. The van der Waals surface area contributed by atoms with E-state index in [0.717, 1.165) is 0 Å². The van der Waals surface area contributed by atoms with Crippen molar-refractivity contribution >= 4 is 27.5 Å². The summed E-state index contributed by atoms with van der Waals surface area (Å²) in [6.07, 6.45) is 0.346. The molecule has 0 aliphatic rings. The number of ether oxygens (including phenoxy) is 1. The number of carbonyl (C=O) groups is 1. The van der Waals surface area contributed by atoms with E-state index < -0.39 is 5.63 Å². The molecule has 0 radical (unpaired) electrons. The second kappa shape index (κ2) is 5.85. The lowest BCUT2D eigenvalue weighted by Crippen LogP contribution is -2.07. The Bertz CT molecular complexity index is 968. The van der Waals surface area contributed by atoms with Gasteiger partial charge in [-0.1, -0.05) is 18.2 Å². The van der Waals surface area contributed by atoms with Gasteiger partial charge in [-0.2, -0.15) is 0 Å². The van der Waals surface area contributed by atoms with Gasteiger partial charge >= 0.3 is 5.63 Å². The van der Waals surface area contributed by atoms with Gasteiger partial charge in [0, 0.05) is 29.0 Å². The Morgan fingerprint density at radius 2 is 2.04 bits per heavy atom. The molecule has 0 amide bonds. The van der Waals surface area contributed by atoms with Crippen LogP contribution in [-0.2, 0) is 6.42 Å². The number of rotatable bonds is 4. The van der Waals surface area contributed by atoms with Crippen molar-refractivity contribution in [2.24, 2.45) is 0 Å². The smallest absolute Gasteiger partial charge is 0.344 e. The first-order valence-corrected chi connectivity index (χ1v) is 7.25. The van der Waals surface area contributed by atoms with E-state index in [-0.39, 0.29) is 12.4 Å². The topological polar surface area (TPSA) is 76.7 Å². The summed E-state index contributed by atoms with van der Waals surface area (Å²) in [5.41, 5.74) is 0.965. The molecule has 5 heteroatoms. The zero-order valence-corrected chi connectivity index (χ0v) is 12.9.